The molecule has 0 heterocycles. The number of rotatable bonds is 4. The number of carbonyl (C=O) groups excluding carboxylic acids is 1. The first-order valence-corrected chi connectivity index (χ1v) is 9.12. The average Bonchev–Trinajstić information content (AvgIpc) is 2.70. The summed E-state index contributed by atoms with van der Waals surface area (Å²) in [6, 6.07) is 21.9. The third-order valence-corrected chi connectivity index (χ3v) is 4.81. The molecule has 4 heteroatoms. The minimum Gasteiger partial charge on any atom is -0.398 e. The minimum atomic E-state index is -0.332. The first-order valence-electron chi connectivity index (χ1n) is 8.71. The van der Waals surface area contributed by atoms with Crippen LogP contribution in [-0.4, -0.2) is 5.78 Å². The first kappa shape index (κ1) is 20.5. The highest BCUT2D eigenvalue weighted by molar-refractivity contribution is 7.00. The molecule has 27 heavy (non-hydrogen) atoms. The van der Waals surface area contributed by atoms with Gasteiger partial charge in [-0.15, -0.1) is 0 Å². The molecule has 0 radical (unpaired) electrons. The van der Waals surface area contributed by atoms with E-state index in [1.807, 2.05) is 87.5 Å². The summed E-state index contributed by atoms with van der Waals surface area (Å²) in [5.74, 6) is -0.235. The lowest BCUT2D eigenvalue weighted by Crippen LogP contribution is -2.18. The van der Waals surface area contributed by atoms with Gasteiger partial charge in [-0.3, -0.25) is 9.36 Å². The Morgan fingerprint density at radius 2 is 1.26 bits per heavy atom. The van der Waals surface area contributed by atoms with Gasteiger partial charge in [0.2, 0.25) is 0 Å². The summed E-state index contributed by atoms with van der Waals surface area (Å²) in [4.78, 5) is 13.6. The zero-order chi connectivity index (χ0) is 20.0. The Morgan fingerprint density at radius 3 is 1.70 bits per heavy atom. The lowest BCUT2D eigenvalue weighted by molar-refractivity contribution is 0.0972. The van der Waals surface area contributed by atoms with Crippen molar-refractivity contribution in [2.75, 3.05) is 5.73 Å². The molecule has 0 amide bonds. The molecule has 0 aromatic heterocycles. The Kier molecular flexibility index (Phi) is 7.04. The van der Waals surface area contributed by atoms with Gasteiger partial charge < -0.3 is 5.73 Å². The minimum absolute atomic E-state index is 0.0964. The predicted octanol–water partition coefficient (Wildman–Crippen LogP) is 5.68. The fraction of sp³-hybridized carbons (Fsp3) is 0.174. The van der Waals surface area contributed by atoms with E-state index in [0.29, 0.717) is 5.69 Å². The average molecular weight is 377 g/mol. The molecule has 3 rings (SSSR count). The zero-order valence-electron chi connectivity index (χ0n) is 15.8. The standard InChI is InChI=1S/C23H23NO.HOP/c1-15-14-16(2)22(24)17(3)20(15)23(25)21(18-10-6-4-7-11-18)19-12-8-5-9-13-19;1-2/h4-14,21H,24H2,1-3H3;2H. The summed E-state index contributed by atoms with van der Waals surface area (Å²) in [6.07, 6.45) is 0. The van der Waals surface area contributed by atoms with Crippen molar-refractivity contribution in [2.24, 2.45) is 0 Å². The molecular formula is C23H24NO2P. The van der Waals surface area contributed by atoms with Crippen molar-refractivity contribution in [1.29, 1.82) is 0 Å². The fourth-order valence-electron chi connectivity index (χ4n) is 3.51. The van der Waals surface area contributed by atoms with E-state index in [4.69, 9.17) is 10.3 Å². The third kappa shape index (κ3) is 4.32. The fourth-order valence-corrected chi connectivity index (χ4v) is 3.51. The molecule has 0 aliphatic carbocycles. The van der Waals surface area contributed by atoms with E-state index < -0.39 is 0 Å². The van der Waals surface area contributed by atoms with Crippen LogP contribution >= 0.6 is 9.12 Å². The van der Waals surface area contributed by atoms with Crippen LogP contribution in [0.4, 0.5) is 5.69 Å². The van der Waals surface area contributed by atoms with Gasteiger partial charge in [0.25, 0.3) is 0 Å². The molecule has 0 atom stereocenters. The number of benzene rings is 3. The molecule has 138 valence electrons. The van der Waals surface area contributed by atoms with E-state index in [-0.39, 0.29) is 11.7 Å². The molecule has 0 aliphatic rings. The van der Waals surface area contributed by atoms with Crippen LogP contribution in [0.2, 0.25) is 0 Å². The van der Waals surface area contributed by atoms with Gasteiger partial charge >= 0.3 is 0 Å². The zero-order valence-corrected chi connectivity index (χ0v) is 16.8. The van der Waals surface area contributed by atoms with E-state index in [9.17, 15) is 4.79 Å². The van der Waals surface area contributed by atoms with E-state index in [1.165, 1.54) is 0 Å². The molecule has 0 fully saturated rings. The van der Waals surface area contributed by atoms with Gasteiger partial charge in [-0.2, -0.15) is 0 Å². The van der Waals surface area contributed by atoms with Crippen molar-refractivity contribution in [1.82, 2.24) is 0 Å². The summed E-state index contributed by atoms with van der Waals surface area (Å²) in [7, 11) is 1.72. The second kappa shape index (κ2) is 9.25. The van der Waals surface area contributed by atoms with Gasteiger partial charge in [0.15, 0.2) is 5.78 Å². The Labute approximate surface area is 162 Å². The van der Waals surface area contributed by atoms with Gasteiger partial charge in [0, 0.05) is 11.3 Å². The monoisotopic (exact) mass is 377 g/mol. The van der Waals surface area contributed by atoms with Gasteiger partial charge in [0.05, 0.1) is 5.92 Å². The maximum absolute atomic E-state index is 13.6. The molecule has 3 aromatic carbocycles. The summed E-state index contributed by atoms with van der Waals surface area (Å²) < 4.78 is 8.06. The van der Waals surface area contributed by atoms with Crippen LogP contribution in [0.25, 0.3) is 0 Å². The lowest BCUT2D eigenvalue weighted by atomic mass is 9.81. The lowest BCUT2D eigenvalue weighted by Gasteiger charge is -2.21. The van der Waals surface area contributed by atoms with Crippen molar-refractivity contribution in [3.8, 4) is 0 Å². The molecule has 3 aromatic rings. The third-order valence-electron chi connectivity index (χ3n) is 4.81. The first-order chi connectivity index (χ1) is 13.0. The summed E-state index contributed by atoms with van der Waals surface area (Å²) >= 11 is 0. The normalized spacial score (nSPS) is 10.2. The number of nitrogens with two attached hydrogens (primary N) is 1. The summed E-state index contributed by atoms with van der Waals surface area (Å²) in [5, 5.41) is 0. The maximum atomic E-state index is 13.6. The van der Waals surface area contributed by atoms with Gasteiger partial charge in [-0.05, 0) is 48.6 Å². The highest BCUT2D eigenvalue weighted by Crippen LogP contribution is 2.33. The van der Waals surface area contributed by atoms with Crippen LogP contribution in [-0.2, 0) is 4.57 Å². The van der Waals surface area contributed by atoms with Gasteiger partial charge in [0.1, 0.15) is 9.12 Å². The topological polar surface area (TPSA) is 60.2 Å². The van der Waals surface area contributed by atoms with Crippen molar-refractivity contribution >= 4 is 20.6 Å². The number of carbonyl (C=O) groups is 1. The molecule has 0 saturated carbocycles. The maximum Gasteiger partial charge on any atom is 0.175 e. The van der Waals surface area contributed by atoms with Crippen LogP contribution in [0.3, 0.4) is 0 Å². The number of aryl methyl sites for hydroxylation is 2. The number of hydrogen-bond donors (Lipinski definition) is 1. The smallest absolute Gasteiger partial charge is 0.175 e. The van der Waals surface area contributed by atoms with Crippen molar-refractivity contribution in [3.05, 3.63) is 100 Å². The van der Waals surface area contributed by atoms with E-state index in [0.717, 1.165) is 33.4 Å². The summed E-state index contributed by atoms with van der Waals surface area (Å²) in [6.45, 7) is 5.91. The molecule has 2 N–H and O–H groups in total. The Bertz CT molecular complexity index is 885. The van der Waals surface area contributed by atoms with E-state index in [2.05, 4.69) is 0 Å². The molecule has 0 spiro atoms. The number of ketones is 1. The number of Topliss-reactive ketones (excluding diaryl/α,β-unsaturated/α-hetero) is 1. The van der Waals surface area contributed by atoms with Crippen molar-refractivity contribution in [3.63, 3.8) is 0 Å². The predicted molar refractivity (Wildman–Crippen MR) is 113 cm³/mol. The van der Waals surface area contributed by atoms with Crippen LogP contribution in [0.1, 0.15) is 44.1 Å². The molecular weight excluding hydrogens is 353 g/mol. The van der Waals surface area contributed by atoms with Crippen molar-refractivity contribution < 1.29 is 9.36 Å². The van der Waals surface area contributed by atoms with Gasteiger partial charge in [-0.25, -0.2) is 0 Å². The Balaban J connectivity index is 0.00000126. The second-order valence-electron chi connectivity index (χ2n) is 6.54. The van der Waals surface area contributed by atoms with Crippen molar-refractivity contribution in [2.45, 2.75) is 26.7 Å². The van der Waals surface area contributed by atoms with Crippen LogP contribution in [0.15, 0.2) is 66.7 Å². The Morgan fingerprint density at radius 1 is 0.815 bits per heavy atom. The molecule has 0 unspecified atom stereocenters. The molecule has 0 aliphatic heterocycles. The number of anilines is 1. The van der Waals surface area contributed by atoms with Crippen LogP contribution in [0.5, 0.6) is 0 Å². The highest BCUT2D eigenvalue weighted by Gasteiger charge is 2.27. The Hall–Kier alpha value is -2.77. The van der Waals surface area contributed by atoms with Crippen LogP contribution in [0, 0.1) is 20.8 Å². The SMILES string of the molecule is Cc1cc(C)c(C(=O)C(c2ccccc2)c2ccccc2)c(C)c1N.O=P. The van der Waals surface area contributed by atoms with E-state index in [1.54, 1.807) is 9.12 Å². The largest absolute Gasteiger partial charge is 0.398 e. The number of nitrogen functional groups attached to an aromatic ring is 1. The molecule has 0 bridgehead atoms. The van der Waals surface area contributed by atoms with Crippen LogP contribution < -0.4 is 5.73 Å². The number of hydrogen-bond acceptors (Lipinski definition) is 3. The summed E-state index contributed by atoms with van der Waals surface area (Å²) in [5.41, 5.74) is 12.5. The quantitative estimate of drug-likeness (QED) is 0.361. The second-order valence-corrected chi connectivity index (χ2v) is 6.54. The molecule has 0 saturated heterocycles. The van der Waals surface area contributed by atoms with E-state index >= 15 is 0 Å². The van der Waals surface area contributed by atoms with Gasteiger partial charge in [-0.1, -0.05) is 66.7 Å². The molecule has 3 nitrogen and oxygen atoms in total. The highest BCUT2D eigenvalue weighted by atomic mass is 31.0.